The first-order valence-electron chi connectivity index (χ1n) is 10.8. The van der Waals surface area contributed by atoms with Gasteiger partial charge in [0.15, 0.2) is 5.65 Å². The van der Waals surface area contributed by atoms with E-state index in [1.165, 1.54) is 0 Å². The number of imidazole rings is 1. The van der Waals surface area contributed by atoms with E-state index in [0.29, 0.717) is 30.0 Å². The minimum Gasteiger partial charge on any atom is -0.496 e. The molecular weight excluding hydrogens is 408 g/mol. The summed E-state index contributed by atoms with van der Waals surface area (Å²) in [6, 6.07) is 5.82. The Bertz CT molecular complexity index is 1370. The van der Waals surface area contributed by atoms with E-state index >= 15 is 0 Å². The topological polar surface area (TPSA) is 107 Å². The van der Waals surface area contributed by atoms with Crippen LogP contribution in [-0.4, -0.2) is 42.4 Å². The summed E-state index contributed by atoms with van der Waals surface area (Å²) in [5.74, 6) is 1.16. The number of aliphatic hydroxyl groups excluding tert-OH is 1. The molecule has 0 bridgehead atoms. The lowest BCUT2D eigenvalue weighted by Crippen LogP contribution is -2.30. The molecule has 2 N–H and O–H groups in total. The summed E-state index contributed by atoms with van der Waals surface area (Å²) < 4.78 is 8.82. The third-order valence-corrected chi connectivity index (χ3v) is 6.38. The Kier molecular flexibility index (Phi) is 5.05. The summed E-state index contributed by atoms with van der Waals surface area (Å²) in [5.41, 5.74) is 3.87. The maximum atomic E-state index is 13.0. The van der Waals surface area contributed by atoms with Crippen molar-refractivity contribution in [3.8, 4) is 5.75 Å². The summed E-state index contributed by atoms with van der Waals surface area (Å²) in [6.45, 7) is 1.99. The fourth-order valence-corrected chi connectivity index (χ4v) is 4.55. The molecule has 1 fully saturated rings. The number of ether oxygens (including phenoxy) is 1. The van der Waals surface area contributed by atoms with Crippen molar-refractivity contribution in [2.75, 3.05) is 12.4 Å². The Hall–Kier alpha value is -3.46. The predicted molar refractivity (Wildman–Crippen MR) is 123 cm³/mol. The number of aryl methyl sites for hydroxylation is 2. The average Bonchev–Trinajstić information content (AvgIpc) is 3.04. The van der Waals surface area contributed by atoms with Crippen molar-refractivity contribution in [2.45, 2.75) is 44.8 Å². The number of pyridine rings is 1. The zero-order valence-electron chi connectivity index (χ0n) is 18.4. The van der Waals surface area contributed by atoms with Crippen LogP contribution in [0.5, 0.6) is 5.75 Å². The van der Waals surface area contributed by atoms with E-state index in [-0.39, 0.29) is 17.8 Å². The molecule has 0 amide bonds. The van der Waals surface area contributed by atoms with E-state index in [1.54, 1.807) is 35.7 Å². The third kappa shape index (κ3) is 3.38. The number of aromatic nitrogens is 5. The molecule has 4 aromatic rings. The number of nitrogens with zero attached hydrogens (tertiary/aromatic N) is 5. The molecule has 166 valence electrons. The third-order valence-electron chi connectivity index (χ3n) is 6.38. The van der Waals surface area contributed by atoms with Crippen molar-refractivity contribution in [1.29, 1.82) is 0 Å². The van der Waals surface area contributed by atoms with Gasteiger partial charge >= 0.3 is 5.69 Å². The van der Waals surface area contributed by atoms with Crippen LogP contribution in [0.15, 0.2) is 35.4 Å². The SMILES string of the molecule is COc1ccnc2cc(C)c(Nc3ncc4c(n3)n([C@H]3CC[C@H](O)CC3)c(=O)n4C)cc12. The second kappa shape index (κ2) is 7.90. The number of methoxy groups -OCH3 is 1. The highest BCUT2D eigenvalue weighted by molar-refractivity contribution is 5.90. The monoisotopic (exact) mass is 434 g/mol. The van der Waals surface area contributed by atoms with Crippen molar-refractivity contribution < 1.29 is 9.84 Å². The molecule has 1 aliphatic rings. The zero-order valence-corrected chi connectivity index (χ0v) is 18.4. The second-order valence-electron chi connectivity index (χ2n) is 8.40. The van der Waals surface area contributed by atoms with Gasteiger partial charge in [-0.1, -0.05) is 0 Å². The first-order chi connectivity index (χ1) is 15.5. The lowest BCUT2D eigenvalue weighted by atomic mass is 9.93. The molecule has 0 atom stereocenters. The number of hydrogen-bond donors (Lipinski definition) is 2. The van der Waals surface area contributed by atoms with E-state index in [2.05, 4.69) is 15.3 Å². The fourth-order valence-electron chi connectivity index (χ4n) is 4.55. The maximum Gasteiger partial charge on any atom is 0.330 e. The van der Waals surface area contributed by atoms with E-state index in [9.17, 15) is 9.90 Å². The standard InChI is InChI=1S/C23H26N6O3/c1-13-10-18-16(20(32-3)8-9-24-18)11-17(13)26-22-25-12-19-21(27-22)29(23(31)28(19)2)14-4-6-15(30)7-5-14/h8-12,14-15,30H,4-7H2,1-3H3,(H,25,26,27)/t14-,15-. The largest absolute Gasteiger partial charge is 0.496 e. The van der Waals surface area contributed by atoms with Crippen molar-refractivity contribution in [3.63, 3.8) is 0 Å². The smallest absolute Gasteiger partial charge is 0.330 e. The van der Waals surface area contributed by atoms with Gasteiger partial charge in [0.25, 0.3) is 0 Å². The van der Waals surface area contributed by atoms with Gasteiger partial charge in [-0.25, -0.2) is 9.78 Å². The normalized spacial score (nSPS) is 18.9. The van der Waals surface area contributed by atoms with Gasteiger partial charge in [0.05, 0.1) is 24.9 Å². The molecule has 1 aliphatic carbocycles. The van der Waals surface area contributed by atoms with Gasteiger partial charge in [0.1, 0.15) is 11.3 Å². The minimum absolute atomic E-state index is 0.0232. The number of hydrogen-bond acceptors (Lipinski definition) is 7. The van der Waals surface area contributed by atoms with Crippen LogP contribution in [0.4, 0.5) is 11.6 Å². The van der Waals surface area contributed by atoms with Crippen LogP contribution in [0.1, 0.15) is 37.3 Å². The lowest BCUT2D eigenvalue weighted by Gasteiger charge is -2.26. The van der Waals surface area contributed by atoms with Gasteiger partial charge in [-0.3, -0.25) is 14.1 Å². The van der Waals surface area contributed by atoms with Gasteiger partial charge in [-0.2, -0.15) is 4.98 Å². The number of aliphatic hydroxyl groups is 1. The highest BCUT2D eigenvalue weighted by Gasteiger charge is 2.26. The minimum atomic E-state index is -0.286. The van der Waals surface area contributed by atoms with Gasteiger partial charge in [-0.05, 0) is 56.4 Å². The molecule has 0 spiro atoms. The molecular formula is C23H26N6O3. The Balaban J connectivity index is 1.56. The van der Waals surface area contributed by atoms with E-state index in [0.717, 1.165) is 40.7 Å². The summed E-state index contributed by atoms with van der Waals surface area (Å²) in [6.07, 6.45) is 6.01. The van der Waals surface area contributed by atoms with Crippen molar-refractivity contribution in [1.82, 2.24) is 24.1 Å². The summed E-state index contributed by atoms with van der Waals surface area (Å²) in [7, 11) is 3.37. The highest BCUT2D eigenvalue weighted by Crippen LogP contribution is 2.32. The number of fused-ring (bicyclic) bond motifs is 2. The Morgan fingerprint density at radius 3 is 2.72 bits per heavy atom. The van der Waals surface area contributed by atoms with Crippen molar-refractivity contribution in [2.24, 2.45) is 7.05 Å². The number of anilines is 2. The van der Waals surface area contributed by atoms with Gasteiger partial charge in [0, 0.05) is 30.4 Å². The summed E-state index contributed by atoms with van der Waals surface area (Å²) in [4.78, 5) is 26.6. The van der Waals surface area contributed by atoms with Crippen molar-refractivity contribution >= 4 is 33.7 Å². The van der Waals surface area contributed by atoms with Crippen LogP contribution in [0.25, 0.3) is 22.1 Å². The van der Waals surface area contributed by atoms with Crippen LogP contribution >= 0.6 is 0 Å². The van der Waals surface area contributed by atoms with Crippen LogP contribution in [0.3, 0.4) is 0 Å². The lowest BCUT2D eigenvalue weighted by molar-refractivity contribution is 0.110. The first kappa shape index (κ1) is 20.4. The summed E-state index contributed by atoms with van der Waals surface area (Å²) >= 11 is 0. The van der Waals surface area contributed by atoms with Crippen molar-refractivity contribution in [3.05, 3.63) is 46.6 Å². The van der Waals surface area contributed by atoms with E-state index in [1.807, 2.05) is 25.1 Å². The Labute approximate surface area is 184 Å². The predicted octanol–water partition coefficient (Wildman–Crippen LogP) is 3.21. The molecule has 0 saturated heterocycles. The molecule has 0 radical (unpaired) electrons. The zero-order chi connectivity index (χ0) is 22.4. The molecule has 9 nitrogen and oxygen atoms in total. The van der Waals surface area contributed by atoms with Crippen LogP contribution in [0, 0.1) is 6.92 Å². The maximum absolute atomic E-state index is 13.0. The Morgan fingerprint density at radius 1 is 1.19 bits per heavy atom. The first-order valence-corrected chi connectivity index (χ1v) is 10.8. The molecule has 1 aromatic carbocycles. The quantitative estimate of drug-likeness (QED) is 0.508. The van der Waals surface area contributed by atoms with Crippen LogP contribution < -0.4 is 15.7 Å². The fraction of sp³-hybridized carbons (Fsp3) is 0.391. The molecule has 3 heterocycles. The molecule has 0 aliphatic heterocycles. The van der Waals surface area contributed by atoms with Gasteiger partial charge in [0.2, 0.25) is 5.95 Å². The van der Waals surface area contributed by atoms with E-state index < -0.39 is 0 Å². The van der Waals surface area contributed by atoms with Gasteiger partial charge in [-0.15, -0.1) is 0 Å². The molecule has 1 saturated carbocycles. The van der Waals surface area contributed by atoms with Crippen LogP contribution in [-0.2, 0) is 7.05 Å². The number of benzene rings is 1. The average molecular weight is 435 g/mol. The molecule has 9 heteroatoms. The molecule has 3 aromatic heterocycles. The number of rotatable bonds is 4. The Morgan fingerprint density at radius 2 is 1.97 bits per heavy atom. The second-order valence-corrected chi connectivity index (χ2v) is 8.40. The van der Waals surface area contributed by atoms with E-state index in [4.69, 9.17) is 9.72 Å². The molecule has 5 rings (SSSR count). The number of nitrogens with one attached hydrogen (secondary N) is 1. The molecule has 32 heavy (non-hydrogen) atoms. The summed E-state index contributed by atoms with van der Waals surface area (Å²) in [5, 5.41) is 14.1. The van der Waals surface area contributed by atoms with Gasteiger partial charge < -0.3 is 15.2 Å². The van der Waals surface area contributed by atoms with Crippen LogP contribution in [0.2, 0.25) is 0 Å². The highest BCUT2D eigenvalue weighted by atomic mass is 16.5. The molecule has 0 unspecified atom stereocenters.